The van der Waals surface area contributed by atoms with Gasteiger partial charge in [-0.15, -0.1) is 0 Å². The Morgan fingerprint density at radius 1 is 1.38 bits per heavy atom. The summed E-state index contributed by atoms with van der Waals surface area (Å²) in [6.07, 6.45) is 3.33. The molecule has 0 aromatic heterocycles. The van der Waals surface area contributed by atoms with Gasteiger partial charge in [-0.1, -0.05) is 12.1 Å². The smallest absolute Gasteiger partial charge is 0.214 e. The van der Waals surface area contributed by atoms with Crippen LogP contribution in [0.3, 0.4) is 0 Å². The molecule has 1 aromatic carbocycles. The van der Waals surface area contributed by atoms with Gasteiger partial charge in [0.05, 0.1) is 12.7 Å². The summed E-state index contributed by atoms with van der Waals surface area (Å²) in [5.74, 6) is -0.0117. The predicted molar refractivity (Wildman–Crippen MR) is 62.8 cm³/mol. The zero-order valence-electron chi connectivity index (χ0n) is 8.97. The van der Waals surface area contributed by atoms with E-state index in [0.29, 0.717) is 11.6 Å². The SMILES string of the molecule is COc1ccccc1C1(N)N=C(N)C=CN1. The molecule has 0 aliphatic carbocycles. The summed E-state index contributed by atoms with van der Waals surface area (Å²) in [7, 11) is 1.59. The summed E-state index contributed by atoms with van der Waals surface area (Å²) < 4.78 is 5.24. The van der Waals surface area contributed by atoms with Gasteiger partial charge in [0.15, 0.2) is 0 Å². The Morgan fingerprint density at radius 3 is 2.81 bits per heavy atom. The maximum atomic E-state index is 6.14. The molecule has 84 valence electrons. The summed E-state index contributed by atoms with van der Waals surface area (Å²) in [4.78, 5) is 4.19. The van der Waals surface area contributed by atoms with E-state index < -0.39 is 5.79 Å². The number of nitrogens with zero attached hydrogens (tertiary/aromatic N) is 1. The highest BCUT2D eigenvalue weighted by atomic mass is 16.5. The van der Waals surface area contributed by atoms with Crippen molar-refractivity contribution in [1.82, 2.24) is 5.32 Å². The number of nitrogens with one attached hydrogen (secondary N) is 1. The molecule has 0 radical (unpaired) electrons. The fourth-order valence-corrected chi connectivity index (χ4v) is 1.62. The largest absolute Gasteiger partial charge is 0.496 e. The topological polar surface area (TPSA) is 85.7 Å². The third-order valence-electron chi connectivity index (χ3n) is 2.38. The number of methoxy groups -OCH3 is 1. The highest BCUT2D eigenvalue weighted by Gasteiger charge is 2.30. The van der Waals surface area contributed by atoms with Crippen LogP contribution in [0, 0.1) is 0 Å². The lowest BCUT2D eigenvalue weighted by Gasteiger charge is -2.29. The third kappa shape index (κ3) is 1.72. The molecule has 5 nitrogen and oxygen atoms in total. The number of hydrogen-bond donors (Lipinski definition) is 3. The molecule has 0 fully saturated rings. The van der Waals surface area contributed by atoms with Crippen LogP contribution in [0.25, 0.3) is 0 Å². The lowest BCUT2D eigenvalue weighted by molar-refractivity contribution is 0.360. The van der Waals surface area contributed by atoms with Crippen LogP contribution in [0.15, 0.2) is 41.5 Å². The Kier molecular flexibility index (Phi) is 2.54. The van der Waals surface area contributed by atoms with Crippen molar-refractivity contribution in [3.05, 3.63) is 42.1 Å². The molecule has 0 spiro atoms. The molecule has 0 saturated heterocycles. The van der Waals surface area contributed by atoms with Gasteiger partial charge < -0.3 is 15.8 Å². The Morgan fingerprint density at radius 2 is 2.12 bits per heavy atom. The van der Waals surface area contributed by atoms with Gasteiger partial charge in [0, 0.05) is 6.20 Å². The second-order valence-electron chi connectivity index (χ2n) is 3.48. The van der Waals surface area contributed by atoms with E-state index in [0.717, 1.165) is 5.56 Å². The van der Waals surface area contributed by atoms with Gasteiger partial charge in [-0.25, -0.2) is 4.99 Å². The van der Waals surface area contributed by atoms with Gasteiger partial charge in [-0.2, -0.15) is 0 Å². The normalized spacial score (nSPS) is 23.5. The van der Waals surface area contributed by atoms with Gasteiger partial charge in [0.1, 0.15) is 11.6 Å². The van der Waals surface area contributed by atoms with E-state index in [1.807, 2.05) is 24.3 Å². The molecule has 16 heavy (non-hydrogen) atoms. The maximum absolute atomic E-state index is 6.14. The Labute approximate surface area is 93.8 Å². The van der Waals surface area contributed by atoms with Crippen LogP contribution in [0.1, 0.15) is 5.56 Å². The van der Waals surface area contributed by atoms with Gasteiger partial charge in [-0.05, 0) is 18.2 Å². The number of nitrogens with two attached hydrogens (primary N) is 2. The lowest BCUT2D eigenvalue weighted by atomic mass is 10.1. The van der Waals surface area contributed by atoms with Crippen LogP contribution in [-0.2, 0) is 5.79 Å². The number of hydrogen-bond acceptors (Lipinski definition) is 5. The molecule has 5 heteroatoms. The predicted octanol–water partition coefficient (Wildman–Crippen LogP) is 0.238. The van der Waals surface area contributed by atoms with E-state index >= 15 is 0 Å². The average molecular weight is 218 g/mol. The monoisotopic (exact) mass is 218 g/mol. The van der Waals surface area contributed by atoms with E-state index in [2.05, 4.69) is 10.3 Å². The number of para-hydroxylation sites is 1. The summed E-state index contributed by atoms with van der Waals surface area (Å²) in [5.41, 5.74) is 12.5. The highest BCUT2D eigenvalue weighted by Crippen LogP contribution is 2.28. The zero-order valence-corrected chi connectivity index (χ0v) is 8.97. The molecule has 5 N–H and O–H groups in total. The van der Waals surface area contributed by atoms with Crippen LogP contribution >= 0.6 is 0 Å². The standard InChI is InChI=1S/C11H14N4O/c1-16-9-5-3-2-4-8(9)11(13)14-7-6-10(12)15-11/h2-7,14H,13H2,1H3,(H2,12,15). The van der Waals surface area contributed by atoms with Gasteiger partial charge in [0.2, 0.25) is 5.79 Å². The van der Waals surface area contributed by atoms with E-state index in [1.54, 1.807) is 19.4 Å². The molecule has 1 aliphatic heterocycles. The minimum atomic E-state index is -1.06. The zero-order chi connectivity index (χ0) is 11.6. The fourth-order valence-electron chi connectivity index (χ4n) is 1.62. The lowest BCUT2D eigenvalue weighted by Crippen LogP contribution is -2.49. The molecule has 0 amide bonds. The molecular formula is C11H14N4O. The number of ether oxygens (including phenoxy) is 1. The molecule has 1 aromatic rings. The molecule has 1 heterocycles. The molecular weight excluding hydrogens is 204 g/mol. The first-order chi connectivity index (χ1) is 7.65. The minimum absolute atomic E-state index is 0.382. The number of aliphatic imine (C=N–C) groups is 1. The first-order valence-electron chi connectivity index (χ1n) is 4.87. The molecule has 1 aliphatic rings. The highest BCUT2D eigenvalue weighted by molar-refractivity contribution is 5.92. The van der Waals surface area contributed by atoms with Gasteiger partial charge >= 0.3 is 0 Å². The summed E-state index contributed by atoms with van der Waals surface area (Å²) >= 11 is 0. The number of amidine groups is 1. The van der Waals surface area contributed by atoms with Crippen molar-refractivity contribution in [3.63, 3.8) is 0 Å². The molecule has 1 unspecified atom stereocenters. The minimum Gasteiger partial charge on any atom is -0.496 e. The van der Waals surface area contributed by atoms with Crippen LogP contribution in [0.4, 0.5) is 0 Å². The van der Waals surface area contributed by atoms with Gasteiger partial charge in [0.25, 0.3) is 0 Å². The van der Waals surface area contributed by atoms with E-state index in [1.165, 1.54) is 0 Å². The second kappa shape index (κ2) is 3.86. The third-order valence-corrected chi connectivity index (χ3v) is 2.38. The van der Waals surface area contributed by atoms with Crippen molar-refractivity contribution in [3.8, 4) is 5.75 Å². The van der Waals surface area contributed by atoms with Crippen LogP contribution in [-0.4, -0.2) is 12.9 Å². The number of rotatable bonds is 2. The first kappa shape index (κ1) is 10.5. The fraction of sp³-hybridized carbons (Fsp3) is 0.182. The Hall–Kier alpha value is -2.01. The van der Waals surface area contributed by atoms with E-state index in [-0.39, 0.29) is 0 Å². The van der Waals surface area contributed by atoms with Crippen LogP contribution < -0.4 is 21.5 Å². The van der Waals surface area contributed by atoms with Crippen molar-refractivity contribution in [2.45, 2.75) is 5.79 Å². The summed E-state index contributed by atoms with van der Waals surface area (Å²) in [5, 5.41) is 2.97. The summed E-state index contributed by atoms with van der Waals surface area (Å²) in [6.45, 7) is 0. The maximum Gasteiger partial charge on any atom is 0.214 e. The molecule has 1 atom stereocenters. The van der Waals surface area contributed by atoms with Gasteiger partial charge in [-0.3, -0.25) is 5.73 Å². The molecule has 2 rings (SSSR count). The van der Waals surface area contributed by atoms with E-state index in [9.17, 15) is 0 Å². The first-order valence-corrected chi connectivity index (χ1v) is 4.87. The van der Waals surface area contributed by atoms with Crippen molar-refractivity contribution >= 4 is 5.84 Å². The van der Waals surface area contributed by atoms with Crippen molar-refractivity contribution in [2.75, 3.05) is 7.11 Å². The molecule has 0 bridgehead atoms. The summed E-state index contributed by atoms with van der Waals surface area (Å²) in [6, 6.07) is 7.42. The quantitative estimate of drug-likeness (QED) is 0.663. The van der Waals surface area contributed by atoms with Crippen molar-refractivity contribution < 1.29 is 4.74 Å². The Bertz CT molecular complexity index is 455. The van der Waals surface area contributed by atoms with Crippen molar-refractivity contribution in [1.29, 1.82) is 0 Å². The van der Waals surface area contributed by atoms with Crippen LogP contribution in [0.5, 0.6) is 5.75 Å². The van der Waals surface area contributed by atoms with Crippen molar-refractivity contribution in [2.24, 2.45) is 16.5 Å². The van der Waals surface area contributed by atoms with Crippen LogP contribution in [0.2, 0.25) is 0 Å². The Balaban J connectivity index is 2.47. The average Bonchev–Trinajstić information content (AvgIpc) is 2.29. The molecule has 0 saturated carbocycles. The van der Waals surface area contributed by atoms with E-state index in [4.69, 9.17) is 16.2 Å². The second-order valence-corrected chi connectivity index (χ2v) is 3.48. The number of benzene rings is 1.